The van der Waals surface area contributed by atoms with Crippen LogP contribution in [0.25, 0.3) is 10.2 Å². The standard InChI is InChI=1S/C23H25N3O5S/c1-30-17-5-3-4-14-13(17)7-6-12-11-24-16(19(12)14)8-9-26-21(27)15-10-18(22(28)31-2)32-20(15)25-23(26)29/h3-5,10,12,16,19,24H,6-9,11H2,1-2H3,(H,25,29)/t12-,16?,19+/m0/s1. The molecule has 168 valence electrons. The van der Waals surface area contributed by atoms with Crippen molar-refractivity contribution in [2.45, 2.75) is 37.8 Å². The molecule has 1 aliphatic carbocycles. The van der Waals surface area contributed by atoms with Crippen molar-refractivity contribution in [1.82, 2.24) is 14.9 Å². The first kappa shape index (κ1) is 21.0. The molecule has 3 heterocycles. The Hall–Kier alpha value is -2.91. The number of H-pyrrole nitrogens is 1. The summed E-state index contributed by atoms with van der Waals surface area (Å²) in [5.74, 6) is 1.28. The van der Waals surface area contributed by atoms with Crippen LogP contribution in [0.15, 0.2) is 33.9 Å². The molecule has 0 saturated carbocycles. The van der Waals surface area contributed by atoms with E-state index in [9.17, 15) is 14.4 Å². The lowest BCUT2D eigenvalue weighted by atomic mass is 9.73. The normalized spacial score (nSPS) is 21.9. The van der Waals surface area contributed by atoms with Crippen molar-refractivity contribution in [2.75, 3.05) is 20.8 Å². The number of hydrogen-bond donors (Lipinski definition) is 2. The summed E-state index contributed by atoms with van der Waals surface area (Å²) in [5, 5.41) is 3.96. The largest absolute Gasteiger partial charge is 0.496 e. The number of ether oxygens (including phenoxy) is 2. The smallest absolute Gasteiger partial charge is 0.348 e. The van der Waals surface area contributed by atoms with E-state index >= 15 is 0 Å². The molecule has 0 radical (unpaired) electrons. The molecule has 32 heavy (non-hydrogen) atoms. The minimum absolute atomic E-state index is 0.168. The minimum atomic E-state index is -0.523. The number of nitrogens with one attached hydrogen (secondary N) is 2. The van der Waals surface area contributed by atoms with Crippen molar-refractivity contribution in [3.63, 3.8) is 0 Å². The van der Waals surface area contributed by atoms with E-state index in [1.54, 1.807) is 7.11 Å². The lowest BCUT2D eigenvalue weighted by Crippen LogP contribution is -2.37. The van der Waals surface area contributed by atoms with Crippen LogP contribution in [0.1, 0.15) is 39.6 Å². The van der Waals surface area contributed by atoms with Gasteiger partial charge in [0.1, 0.15) is 15.5 Å². The molecular weight excluding hydrogens is 430 g/mol. The van der Waals surface area contributed by atoms with Gasteiger partial charge in [0.2, 0.25) is 0 Å². The molecule has 5 rings (SSSR count). The van der Waals surface area contributed by atoms with Crippen LogP contribution in [-0.4, -0.2) is 42.3 Å². The van der Waals surface area contributed by atoms with Gasteiger partial charge in [-0.05, 0) is 55.0 Å². The second kappa shape index (κ2) is 8.22. The second-order valence-electron chi connectivity index (χ2n) is 8.39. The predicted molar refractivity (Wildman–Crippen MR) is 122 cm³/mol. The second-order valence-corrected chi connectivity index (χ2v) is 9.44. The average Bonchev–Trinajstić information content (AvgIpc) is 3.42. The molecule has 2 aliphatic rings. The molecule has 0 bridgehead atoms. The maximum Gasteiger partial charge on any atom is 0.348 e. The number of nitrogens with zero attached hydrogens (tertiary/aromatic N) is 1. The topological polar surface area (TPSA) is 102 Å². The zero-order valence-corrected chi connectivity index (χ0v) is 18.8. The van der Waals surface area contributed by atoms with Crippen molar-refractivity contribution >= 4 is 27.5 Å². The van der Waals surface area contributed by atoms with Gasteiger partial charge in [0.05, 0.1) is 19.6 Å². The number of thiophene rings is 1. The molecule has 1 fully saturated rings. The van der Waals surface area contributed by atoms with Crippen molar-refractivity contribution in [3.05, 3.63) is 61.1 Å². The van der Waals surface area contributed by atoms with Crippen LogP contribution in [0.4, 0.5) is 0 Å². The van der Waals surface area contributed by atoms with E-state index in [2.05, 4.69) is 16.4 Å². The number of carbonyl (C=O) groups is 1. The first-order valence-corrected chi connectivity index (χ1v) is 11.6. The van der Waals surface area contributed by atoms with Crippen LogP contribution in [-0.2, 0) is 17.7 Å². The van der Waals surface area contributed by atoms with Gasteiger partial charge >= 0.3 is 11.7 Å². The maximum absolute atomic E-state index is 13.0. The molecule has 8 nitrogen and oxygen atoms in total. The molecular formula is C23H25N3O5S. The fraction of sp³-hybridized carbons (Fsp3) is 0.435. The molecule has 3 aromatic rings. The van der Waals surface area contributed by atoms with E-state index in [0.29, 0.717) is 39.9 Å². The summed E-state index contributed by atoms with van der Waals surface area (Å²) in [4.78, 5) is 40.9. The SMILES string of the molecule is COC(=O)c1cc2c(=O)n(CCC3NC[C@@H]4CCc5c(OC)cccc5[C@H]34)c(=O)[nH]c2s1. The summed E-state index contributed by atoms with van der Waals surface area (Å²) in [6, 6.07) is 7.89. The van der Waals surface area contributed by atoms with Crippen molar-refractivity contribution in [3.8, 4) is 5.75 Å². The van der Waals surface area contributed by atoms with Gasteiger partial charge in [0.25, 0.3) is 5.56 Å². The van der Waals surface area contributed by atoms with E-state index in [0.717, 1.165) is 36.5 Å². The number of hydrogen-bond acceptors (Lipinski definition) is 7. The zero-order chi connectivity index (χ0) is 22.4. The third kappa shape index (κ3) is 3.36. The van der Waals surface area contributed by atoms with Crippen LogP contribution in [0, 0.1) is 5.92 Å². The minimum Gasteiger partial charge on any atom is -0.496 e. The van der Waals surface area contributed by atoms with Crippen LogP contribution in [0.3, 0.4) is 0 Å². The van der Waals surface area contributed by atoms with Gasteiger partial charge in [0.15, 0.2) is 0 Å². The van der Waals surface area contributed by atoms with Gasteiger partial charge in [0, 0.05) is 18.5 Å². The van der Waals surface area contributed by atoms with Gasteiger partial charge in [-0.15, -0.1) is 11.3 Å². The van der Waals surface area contributed by atoms with Gasteiger partial charge in [-0.3, -0.25) is 14.3 Å². The Balaban J connectivity index is 1.43. The third-order valence-corrected chi connectivity index (χ3v) is 7.85. The molecule has 1 aliphatic heterocycles. The molecule has 2 aromatic heterocycles. The van der Waals surface area contributed by atoms with Crippen LogP contribution in [0.5, 0.6) is 5.75 Å². The van der Waals surface area contributed by atoms with Crippen LogP contribution in [0.2, 0.25) is 0 Å². The summed E-state index contributed by atoms with van der Waals surface area (Å²) < 4.78 is 11.5. The summed E-state index contributed by atoms with van der Waals surface area (Å²) >= 11 is 1.05. The van der Waals surface area contributed by atoms with E-state index in [1.165, 1.54) is 28.9 Å². The highest BCUT2D eigenvalue weighted by atomic mass is 32.1. The lowest BCUT2D eigenvalue weighted by molar-refractivity contribution is 0.0606. The average molecular weight is 456 g/mol. The number of esters is 1. The number of benzene rings is 1. The Morgan fingerprint density at radius 3 is 2.91 bits per heavy atom. The van der Waals surface area contributed by atoms with Gasteiger partial charge < -0.3 is 14.8 Å². The maximum atomic E-state index is 13.0. The van der Waals surface area contributed by atoms with Crippen molar-refractivity contribution in [1.29, 1.82) is 0 Å². The van der Waals surface area contributed by atoms with Gasteiger partial charge in [-0.25, -0.2) is 9.59 Å². The monoisotopic (exact) mass is 455 g/mol. The number of aromatic amines is 1. The number of aromatic nitrogens is 2. The van der Waals surface area contributed by atoms with Crippen LogP contribution >= 0.6 is 11.3 Å². The van der Waals surface area contributed by atoms with E-state index in [4.69, 9.17) is 9.47 Å². The first-order chi connectivity index (χ1) is 15.5. The molecule has 1 unspecified atom stereocenters. The molecule has 0 spiro atoms. The van der Waals surface area contributed by atoms with Crippen LogP contribution < -0.4 is 21.3 Å². The molecule has 2 N–H and O–H groups in total. The van der Waals surface area contributed by atoms with Crippen molar-refractivity contribution in [2.24, 2.45) is 5.92 Å². The Labute approximate surface area is 188 Å². The molecule has 1 saturated heterocycles. The highest BCUT2D eigenvalue weighted by Crippen LogP contribution is 2.45. The Morgan fingerprint density at radius 1 is 1.28 bits per heavy atom. The molecule has 3 atom stereocenters. The first-order valence-electron chi connectivity index (χ1n) is 10.8. The van der Waals surface area contributed by atoms with E-state index < -0.39 is 11.7 Å². The third-order valence-electron chi connectivity index (χ3n) is 6.82. The number of carbonyl (C=O) groups excluding carboxylic acids is 1. The summed E-state index contributed by atoms with van der Waals surface area (Å²) in [6.45, 7) is 1.23. The van der Waals surface area contributed by atoms with Gasteiger partial charge in [-0.1, -0.05) is 12.1 Å². The molecule has 1 aromatic carbocycles. The fourth-order valence-electron chi connectivity index (χ4n) is 5.32. The lowest BCUT2D eigenvalue weighted by Gasteiger charge is -2.32. The Kier molecular flexibility index (Phi) is 5.38. The summed E-state index contributed by atoms with van der Waals surface area (Å²) in [5.41, 5.74) is 1.75. The fourth-order valence-corrected chi connectivity index (χ4v) is 6.28. The number of fused-ring (bicyclic) bond motifs is 4. The van der Waals surface area contributed by atoms with Crippen molar-refractivity contribution < 1.29 is 14.3 Å². The number of rotatable bonds is 5. The highest BCUT2D eigenvalue weighted by Gasteiger charge is 2.40. The highest BCUT2D eigenvalue weighted by molar-refractivity contribution is 7.20. The summed E-state index contributed by atoms with van der Waals surface area (Å²) in [7, 11) is 2.99. The Morgan fingerprint density at radius 2 is 2.12 bits per heavy atom. The van der Waals surface area contributed by atoms with Gasteiger partial charge in [-0.2, -0.15) is 0 Å². The molecule has 0 amide bonds. The zero-order valence-electron chi connectivity index (χ0n) is 18.0. The quantitative estimate of drug-likeness (QED) is 0.572. The van der Waals surface area contributed by atoms with E-state index in [1.807, 2.05) is 12.1 Å². The number of methoxy groups -OCH3 is 2. The Bertz CT molecular complexity index is 1310. The summed E-state index contributed by atoms with van der Waals surface area (Å²) in [6.07, 6.45) is 2.75. The predicted octanol–water partition coefficient (Wildman–Crippen LogP) is 2.25. The van der Waals surface area contributed by atoms with E-state index in [-0.39, 0.29) is 11.6 Å². The molecule has 9 heteroatoms.